The van der Waals surface area contributed by atoms with Gasteiger partial charge in [0.1, 0.15) is 15.5 Å². The lowest BCUT2D eigenvalue weighted by Crippen LogP contribution is -2.25. The summed E-state index contributed by atoms with van der Waals surface area (Å²) in [5.74, 6) is -0.104. The zero-order chi connectivity index (χ0) is 13.9. The van der Waals surface area contributed by atoms with Crippen LogP contribution in [0.2, 0.25) is 5.02 Å². The molecule has 0 bridgehead atoms. The van der Waals surface area contributed by atoms with Crippen molar-refractivity contribution < 1.29 is 13.3 Å². The number of nitrogens with one attached hydrogen (secondary N) is 1. The summed E-state index contributed by atoms with van der Waals surface area (Å²) in [6.45, 7) is 1.64. The molecule has 8 heteroatoms. The number of sulfone groups is 1. The molecule has 0 spiro atoms. The normalized spacial score (nSPS) is 13.1. The zero-order valence-corrected chi connectivity index (χ0v) is 11.5. The van der Waals surface area contributed by atoms with Gasteiger partial charge in [-0.25, -0.2) is 8.42 Å². The van der Waals surface area contributed by atoms with Crippen molar-refractivity contribution in [2.24, 2.45) is 0 Å². The van der Waals surface area contributed by atoms with E-state index in [2.05, 4.69) is 5.32 Å². The summed E-state index contributed by atoms with van der Waals surface area (Å²) in [6.07, 6.45) is 1.11. The summed E-state index contributed by atoms with van der Waals surface area (Å²) in [5, 5.41) is 13.9. The van der Waals surface area contributed by atoms with Crippen molar-refractivity contribution >= 4 is 32.8 Å². The van der Waals surface area contributed by atoms with Crippen LogP contribution >= 0.6 is 11.6 Å². The molecule has 0 saturated carbocycles. The summed E-state index contributed by atoms with van der Waals surface area (Å²) in [4.78, 5) is 10.3. The van der Waals surface area contributed by atoms with E-state index in [-0.39, 0.29) is 22.2 Å². The first-order valence-electron chi connectivity index (χ1n) is 5.07. The van der Waals surface area contributed by atoms with E-state index in [1.165, 1.54) is 18.2 Å². The average molecular weight is 293 g/mol. The fourth-order valence-corrected chi connectivity index (χ4v) is 2.70. The van der Waals surface area contributed by atoms with Gasteiger partial charge in [0.05, 0.1) is 10.7 Å². The van der Waals surface area contributed by atoms with Crippen molar-refractivity contribution in [3.05, 3.63) is 33.3 Å². The molecule has 18 heavy (non-hydrogen) atoms. The molecule has 0 aromatic heterocycles. The number of benzene rings is 1. The van der Waals surface area contributed by atoms with Crippen molar-refractivity contribution in [1.82, 2.24) is 0 Å². The van der Waals surface area contributed by atoms with E-state index in [4.69, 9.17) is 11.6 Å². The van der Waals surface area contributed by atoms with E-state index >= 15 is 0 Å². The van der Waals surface area contributed by atoms with Gasteiger partial charge in [0.15, 0.2) is 0 Å². The molecule has 100 valence electrons. The van der Waals surface area contributed by atoms with Crippen molar-refractivity contribution in [3.63, 3.8) is 0 Å². The van der Waals surface area contributed by atoms with Crippen LogP contribution in [0.1, 0.15) is 6.92 Å². The molecular formula is C10H13ClN2O4S. The molecule has 0 heterocycles. The molecular weight excluding hydrogens is 280 g/mol. The number of rotatable bonds is 5. The Morgan fingerprint density at radius 1 is 1.50 bits per heavy atom. The summed E-state index contributed by atoms with van der Waals surface area (Å²) < 4.78 is 22.2. The Kier molecular flexibility index (Phi) is 4.53. The number of halogens is 1. The Bertz CT molecular complexity index is 559. The lowest BCUT2D eigenvalue weighted by Gasteiger charge is -2.14. The number of nitrogens with zero attached hydrogens (tertiary/aromatic N) is 1. The van der Waals surface area contributed by atoms with E-state index in [0.717, 1.165) is 6.26 Å². The minimum absolute atomic E-state index is 0.104. The van der Waals surface area contributed by atoms with E-state index in [1.807, 2.05) is 0 Å². The standard InChI is InChI=1S/C10H13ClN2O4S/c1-7(6-18(2,16)17)12-9-4-3-8(11)5-10(9)13(14)15/h3-5,7,12H,6H2,1-2H3. The summed E-state index contributed by atoms with van der Waals surface area (Å²) in [7, 11) is -3.14. The van der Waals surface area contributed by atoms with Crippen LogP contribution < -0.4 is 5.32 Å². The fourth-order valence-electron chi connectivity index (χ4n) is 1.54. The molecule has 0 aliphatic rings. The Morgan fingerprint density at radius 3 is 2.61 bits per heavy atom. The second kappa shape index (κ2) is 5.53. The summed E-state index contributed by atoms with van der Waals surface area (Å²) in [6, 6.07) is 3.75. The van der Waals surface area contributed by atoms with Crippen molar-refractivity contribution in [1.29, 1.82) is 0 Å². The molecule has 0 radical (unpaired) electrons. The predicted molar refractivity (Wildman–Crippen MR) is 70.9 cm³/mol. The molecule has 1 rings (SSSR count). The second-order valence-corrected chi connectivity index (χ2v) is 6.68. The van der Waals surface area contributed by atoms with E-state index in [9.17, 15) is 18.5 Å². The molecule has 1 unspecified atom stereocenters. The topological polar surface area (TPSA) is 89.3 Å². The summed E-state index contributed by atoms with van der Waals surface area (Å²) in [5.41, 5.74) is 0.0726. The van der Waals surface area contributed by atoms with Crippen LogP contribution in [0.3, 0.4) is 0 Å². The largest absolute Gasteiger partial charge is 0.376 e. The number of hydrogen-bond acceptors (Lipinski definition) is 5. The molecule has 1 aromatic carbocycles. The Hall–Kier alpha value is -1.34. The molecule has 1 N–H and O–H groups in total. The fraction of sp³-hybridized carbons (Fsp3) is 0.400. The second-order valence-electron chi connectivity index (χ2n) is 4.06. The van der Waals surface area contributed by atoms with Crippen molar-refractivity contribution in [2.45, 2.75) is 13.0 Å². The quantitative estimate of drug-likeness (QED) is 0.663. The van der Waals surface area contributed by atoms with Crippen LogP contribution in [-0.4, -0.2) is 31.4 Å². The van der Waals surface area contributed by atoms with Gasteiger partial charge in [0.2, 0.25) is 0 Å². The van der Waals surface area contributed by atoms with E-state index in [0.29, 0.717) is 0 Å². The highest BCUT2D eigenvalue weighted by Crippen LogP contribution is 2.28. The Balaban J connectivity index is 2.94. The van der Waals surface area contributed by atoms with Crippen LogP contribution in [0.15, 0.2) is 18.2 Å². The maximum atomic E-state index is 11.1. The minimum Gasteiger partial charge on any atom is -0.376 e. The van der Waals surface area contributed by atoms with Crippen molar-refractivity contribution in [2.75, 3.05) is 17.3 Å². The highest BCUT2D eigenvalue weighted by Gasteiger charge is 2.17. The maximum Gasteiger partial charge on any atom is 0.293 e. The highest BCUT2D eigenvalue weighted by atomic mass is 35.5. The van der Waals surface area contributed by atoms with Gasteiger partial charge >= 0.3 is 0 Å². The highest BCUT2D eigenvalue weighted by molar-refractivity contribution is 7.90. The van der Waals surface area contributed by atoms with Gasteiger partial charge in [-0.2, -0.15) is 0 Å². The molecule has 1 atom stereocenters. The first kappa shape index (κ1) is 14.7. The molecule has 0 saturated heterocycles. The number of nitro benzene ring substituents is 1. The number of hydrogen-bond donors (Lipinski definition) is 1. The first-order chi connectivity index (χ1) is 8.19. The smallest absolute Gasteiger partial charge is 0.293 e. The molecule has 0 fully saturated rings. The van der Waals surface area contributed by atoms with Gasteiger partial charge in [-0.3, -0.25) is 10.1 Å². The SMILES string of the molecule is CC(CS(C)(=O)=O)Nc1ccc(Cl)cc1[N+](=O)[O-]. The van der Waals surface area contributed by atoms with E-state index in [1.54, 1.807) is 6.92 Å². The minimum atomic E-state index is -3.14. The lowest BCUT2D eigenvalue weighted by atomic mass is 10.2. The number of anilines is 1. The van der Waals surface area contributed by atoms with Crippen LogP contribution in [0.25, 0.3) is 0 Å². The van der Waals surface area contributed by atoms with Crippen LogP contribution in [0.5, 0.6) is 0 Å². The third kappa shape index (κ3) is 4.50. The van der Waals surface area contributed by atoms with Crippen LogP contribution in [-0.2, 0) is 9.84 Å². The Morgan fingerprint density at radius 2 is 2.11 bits per heavy atom. The lowest BCUT2D eigenvalue weighted by molar-refractivity contribution is -0.384. The third-order valence-electron chi connectivity index (χ3n) is 2.11. The molecule has 0 aliphatic carbocycles. The van der Waals surface area contributed by atoms with Gasteiger partial charge in [-0.1, -0.05) is 11.6 Å². The van der Waals surface area contributed by atoms with Crippen LogP contribution in [0, 0.1) is 10.1 Å². The predicted octanol–water partition coefficient (Wildman–Crippen LogP) is 2.09. The maximum absolute atomic E-state index is 11.1. The molecule has 6 nitrogen and oxygen atoms in total. The van der Waals surface area contributed by atoms with Crippen molar-refractivity contribution in [3.8, 4) is 0 Å². The first-order valence-corrected chi connectivity index (χ1v) is 7.51. The van der Waals surface area contributed by atoms with Gasteiger partial charge in [-0.15, -0.1) is 0 Å². The van der Waals surface area contributed by atoms with Gasteiger partial charge in [0, 0.05) is 23.4 Å². The Labute approximate surface area is 110 Å². The molecule has 1 aromatic rings. The van der Waals surface area contributed by atoms with Gasteiger partial charge < -0.3 is 5.32 Å². The molecule has 0 amide bonds. The zero-order valence-electron chi connectivity index (χ0n) is 9.88. The summed E-state index contributed by atoms with van der Waals surface area (Å²) >= 11 is 5.68. The van der Waals surface area contributed by atoms with Gasteiger partial charge in [-0.05, 0) is 19.1 Å². The number of nitro groups is 1. The molecule has 0 aliphatic heterocycles. The third-order valence-corrected chi connectivity index (χ3v) is 3.45. The average Bonchev–Trinajstić information content (AvgIpc) is 2.17. The van der Waals surface area contributed by atoms with Crippen LogP contribution in [0.4, 0.5) is 11.4 Å². The monoisotopic (exact) mass is 292 g/mol. The van der Waals surface area contributed by atoms with Gasteiger partial charge in [0.25, 0.3) is 5.69 Å². The van der Waals surface area contributed by atoms with E-state index < -0.39 is 20.8 Å².